The molecule has 1 unspecified atom stereocenters. The number of carbonyl (C=O) groups excluding carboxylic acids is 1. The van der Waals surface area contributed by atoms with Gasteiger partial charge in [0.1, 0.15) is 0 Å². The molecular weight excluding hydrogens is 242 g/mol. The first-order valence-corrected chi connectivity index (χ1v) is 5.89. The van der Waals surface area contributed by atoms with Gasteiger partial charge in [0.15, 0.2) is 0 Å². The molecule has 0 saturated heterocycles. The Hall–Kier alpha value is -1.56. The van der Waals surface area contributed by atoms with Gasteiger partial charge >= 0.3 is 5.97 Å². The van der Waals surface area contributed by atoms with E-state index in [0.29, 0.717) is 6.42 Å². The first-order chi connectivity index (χ1) is 8.02. The van der Waals surface area contributed by atoms with Crippen LogP contribution < -0.4 is 0 Å². The van der Waals surface area contributed by atoms with Crippen molar-refractivity contribution in [1.29, 1.82) is 0 Å². The van der Waals surface area contributed by atoms with Crippen LogP contribution in [0.25, 0.3) is 0 Å². The number of hydrogen-bond acceptors (Lipinski definition) is 5. The van der Waals surface area contributed by atoms with Gasteiger partial charge in [-0.25, -0.2) is 0 Å². The second kappa shape index (κ2) is 6.24. The number of carbonyl (C=O) groups is 1. The van der Waals surface area contributed by atoms with Crippen LogP contribution in [-0.2, 0) is 9.53 Å². The summed E-state index contributed by atoms with van der Waals surface area (Å²) in [5.41, 5.74) is 0.0648. The molecule has 0 fully saturated rings. The molecule has 0 bridgehead atoms. The number of ether oxygens (including phenoxy) is 1. The average Bonchev–Trinajstić information content (AvgIpc) is 2.29. The van der Waals surface area contributed by atoms with Crippen LogP contribution in [0, 0.1) is 10.1 Å². The molecule has 1 atom stereocenters. The largest absolute Gasteiger partial charge is 0.469 e. The van der Waals surface area contributed by atoms with Gasteiger partial charge < -0.3 is 4.74 Å². The SMILES string of the molecule is COC(=O)CC(C)Sc1ccc([N+](=O)[O-])cc1. The Balaban J connectivity index is 2.57. The molecule has 92 valence electrons. The molecule has 0 saturated carbocycles. The predicted octanol–water partition coefficient (Wildman–Crippen LogP) is 2.64. The number of thioether (sulfide) groups is 1. The van der Waals surface area contributed by atoms with Gasteiger partial charge in [-0.15, -0.1) is 11.8 Å². The zero-order chi connectivity index (χ0) is 12.8. The summed E-state index contributed by atoms with van der Waals surface area (Å²) in [4.78, 5) is 21.9. The molecule has 0 aromatic heterocycles. The minimum atomic E-state index is -0.438. The third kappa shape index (κ3) is 4.44. The number of nitro groups is 1. The van der Waals surface area contributed by atoms with Crippen LogP contribution in [0.15, 0.2) is 29.2 Å². The fourth-order valence-corrected chi connectivity index (χ4v) is 2.22. The third-order valence-corrected chi connectivity index (χ3v) is 3.18. The second-order valence-corrected chi connectivity index (χ2v) is 4.97. The van der Waals surface area contributed by atoms with Gasteiger partial charge in [0, 0.05) is 22.3 Å². The molecule has 0 radical (unpaired) electrons. The smallest absolute Gasteiger partial charge is 0.306 e. The van der Waals surface area contributed by atoms with Gasteiger partial charge in [-0.05, 0) is 12.1 Å². The molecule has 0 amide bonds. The van der Waals surface area contributed by atoms with Crippen molar-refractivity contribution in [2.45, 2.75) is 23.5 Å². The maximum absolute atomic E-state index is 11.0. The van der Waals surface area contributed by atoms with Crippen LogP contribution in [0.2, 0.25) is 0 Å². The fraction of sp³-hybridized carbons (Fsp3) is 0.364. The highest BCUT2D eigenvalue weighted by atomic mass is 32.2. The molecular formula is C11H13NO4S. The number of nitro benzene ring substituents is 1. The minimum absolute atomic E-state index is 0.0648. The molecule has 17 heavy (non-hydrogen) atoms. The first-order valence-electron chi connectivity index (χ1n) is 5.01. The summed E-state index contributed by atoms with van der Waals surface area (Å²) >= 11 is 1.48. The summed E-state index contributed by atoms with van der Waals surface area (Å²) < 4.78 is 4.57. The number of nitrogens with zero attached hydrogens (tertiary/aromatic N) is 1. The average molecular weight is 255 g/mol. The lowest BCUT2D eigenvalue weighted by Gasteiger charge is -2.09. The van der Waals surface area contributed by atoms with Gasteiger partial charge in [-0.3, -0.25) is 14.9 Å². The van der Waals surface area contributed by atoms with Crippen molar-refractivity contribution in [3.05, 3.63) is 34.4 Å². The molecule has 0 heterocycles. The van der Waals surface area contributed by atoms with E-state index in [0.717, 1.165) is 4.90 Å². The summed E-state index contributed by atoms with van der Waals surface area (Å²) in [5, 5.41) is 10.5. The Morgan fingerprint density at radius 2 is 2.06 bits per heavy atom. The molecule has 0 aliphatic carbocycles. The van der Waals surface area contributed by atoms with E-state index in [1.54, 1.807) is 12.1 Å². The summed E-state index contributed by atoms with van der Waals surface area (Å²) in [7, 11) is 1.35. The van der Waals surface area contributed by atoms with Gasteiger partial charge in [-0.1, -0.05) is 6.92 Å². The van der Waals surface area contributed by atoms with Crippen LogP contribution >= 0.6 is 11.8 Å². The summed E-state index contributed by atoms with van der Waals surface area (Å²) in [6, 6.07) is 6.26. The monoisotopic (exact) mass is 255 g/mol. The zero-order valence-corrected chi connectivity index (χ0v) is 10.4. The third-order valence-electron chi connectivity index (χ3n) is 2.07. The molecule has 0 aliphatic rings. The normalized spacial score (nSPS) is 11.9. The molecule has 6 heteroatoms. The summed E-state index contributed by atoms with van der Waals surface area (Å²) in [6.45, 7) is 1.91. The van der Waals surface area contributed by atoms with E-state index in [1.807, 2.05) is 6.92 Å². The highest BCUT2D eigenvalue weighted by Gasteiger charge is 2.11. The minimum Gasteiger partial charge on any atom is -0.469 e. The van der Waals surface area contributed by atoms with Crippen LogP contribution in [-0.4, -0.2) is 23.3 Å². The maximum Gasteiger partial charge on any atom is 0.306 e. The van der Waals surface area contributed by atoms with Crippen molar-refractivity contribution in [3.8, 4) is 0 Å². The van der Waals surface area contributed by atoms with Crippen LogP contribution in [0.3, 0.4) is 0 Å². The summed E-state index contributed by atoms with van der Waals surface area (Å²) in [6.07, 6.45) is 0.318. The van der Waals surface area contributed by atoms with Crippen molar-refractivity contribution in [3.63, 3.8) is 0 Å². The second-order valence-electron chi connectivity index (χ2n) is 3.46. The number of rotatable bonds is 5. The molecule has 0 N–H and O–H groups in total. The van der Waals surface area contributed by atoms with E-state index >= 15 is 0 Å². The predicted molar refractivity (Wildman–Crippen MR) is 65.0 cm³/mol. The number of benzene rings is 1. The van der Waals surface area contributed by atoms with Crippen LogP contribution in [0.1, 0.15) is 13.3 Å². The van der Waals surface area contributed by atoms with Gasteiger partial charge in [0.2, 0.25) is 0 Å². The van der Waals surface area contributed by atoms with Gasteiger partial charge in [0.25, 0.3) is 5.69 Å². The number of non-ortho nitro benzene ring substituents is 1. The van der Waals surface area contributed by atoms with E-state index in [4.69, 9.17) is 0 Å². The van der Waals surface area contributed by atoms with Crippen molar-refractivity contribution in [2.24, 2.45) is 0 Å². The Bertz CT molecular complexity index is 404. The van der Waals surface area contributed by atoms with E-state index in [2.05, 4.69) is 4.74 Å². The van der Waals surface area contributed by atoms with Crippen LogP contribution in [0.4, 0.5) is 5.69 Å². The van der Waals surface area contributed by atoms with E-state index < -0.39 is 4.92 Å². The first kappa shape index (κ1) is 13.5. The number of hydrogen-bond donors (Lipinski definition) is 0. The topological polar surface area (TPSA) is 69.4 Å². The van der Waals surface area contributed by atoms with Crippen molar-refractivity contribution >= 4 is 23.4 Å². The van der Waals surface area contributed by atoms with Gasteiger partial charge in [0.05, 0.1) is 18.5 Å². The molecule has 1 rings (SSSR count). The molecule has 1 aromatic rings. The van der Waals surface area contributed by atoms with Crippen LogP contribution in [0.5, 0.6) is 0 Å². The van der Waals surface area contributed by atoms with E-state index in [-0.39, 0.29) is 16.9 Å². The molecule has 5 nitrogen and oxygen atoms in total. The van der Waals surface area contributed by atoms with Gasteiger partial charge in [-0.2, -0.15) is 0 Å². The molecule has 0 spiro atoms. The lowest BCUT2D eigenvalue weighted by molar-refractivity contribution is -0.384. The highest BCUT2D eigenvalue weighted by Crippen LogP contribution is 2.26. The lowest BCUT2D eigenvalue weighted by atomic mass is 10.3. The number of esters is 1. The lowest BCUT2D eigenvalue weighted by Crippen LogP contribution is -2.08. The Morgan fingerprint density at radius 3 is 2.53 bits per heavy atom. The van der Waals surface area contributed by atoms with E-state index in [1.165, 1.54) is 31.0 Å². The Morgan fingerprint density at radius 1 is 1.47 bits per heavy atom. The van der Waals surface area contributed by atoms with Crippen molar-refractivity contribution < 1.29 is 14.5 Å². The molecule has 1 aromatic carbocycles. The van der Waals surface area contributed by atoms with E-state index in [9.17, 15) is 14.9 Å². The Labute approximate surface area is 103 Å². The fourth-order valence-electron chi connectivity index (χ4n) is 1.24. The standard InChI is InChI=1S/C11H13NO4S/c1-8(7-11(13)16-2)17-10-5-3-9(4-6-10)12(14)15/h3-6,8H,7H2,1-2H3. The maximum atomic E-state index is 11.0. The quantitative estimate of drug-likeness (QED) is 0.350. The number of methoxy groups -OCH3 is 1. The highest BCUT2D eigenvalue weighted by molar-refractivity contribution is 8.00. The van der Waals surface area contributed by atoms with Crippen molar-refractivity contribution in [1.82, 2.24) is 0 Å². The summed E-state index contributed by atoms with van der Waals surface area (Å²) in [5.74, 6) is -0.257. The Kier molecular flexibility index (Phi) is 4.96. The van der Waals surface area contributed by atoms with Crippen molar-refractivity contribution in [2.75, 3.05) is 7.11 Å². The molecule has 0 aliphatic heterocycles. The zero-order valence-electron chi connectivity index (χ0n) is 9.58.